The fourth-order valence-electron chi connectivity index (χ4n) is 5.32. The van der Waals surface area contributed by atoms with Crippen LogP contribution in [0, 0.1) is 0 Å². The summed E-state index contributed by atoms with van der Waals surface area (Å²) in [6.45, 7) is 15.1. The first-order chi connectivity index (χ1) is 24.4. The number of methoxy groups -OCH3 is 1. The van der Waals surface area contributed by atoms with Gasteiger partial charge in [0.25, 0.3) is 0 Å². The third-order valence-electron chi connectivity index (χ3n) is 8.58. The molecule has 50 heavy (non-hydrogen) atoms. The van der Waals surface area contributed by atoms with Gasteiger partial charge >= 0.3 is 23.9 Å². The fraction of sp³-hybridized carbons (Fsp3) is 0.886. The Balaban J connectivity index is 1.62. The summed E-state index contributed by atoms with van der Waals surface area (Å²) in [6.07, 6.45) is 3.97. The standard InChI is InChI=1S/C35H64N4O11/c1-3-4-23-47-32(40)7-11-36(15-17-38-19-26-45-27-20-38)12-8-33(41)48-24-5-6-25-49-34(42)9-13-37(14-10-35(43)50-31-30-44-2)16-18-39-21-28-46-29-22-39/h3-31H2,1-2H3. The van der Waals surface area contributed by atoms with Crippen LogP contribution in [0.5, 0.6) is 0 Å². The van der Waals surface area contributed by atoms with Crippen LogP contribution in [-0.2, 0) is 52.3 Å². The third-order valence-corrected chi connectivity index (χ3v) is 8.58. The fourth-order valence-corrected chi connectivity index (χ4v) is 5.32. The normalized spacial score (nSPS) is 15.7. The average Bonchev–Trinajstić information content (AvgIpc) is 3.13. The van der Waals surface area contributed by atoms with E-state index in [4.69, 9.17) is 33.2 Å². The number of ether oxygens (including phenoxy) is 7. The van der Waals surface area contributed by atoms with Crippen LogP contribution in [0.4, 0.5) is 0 Å². The summed E-state index contributed by atoms with van der Waals surface area (Å²) in [6, 6.07) is 0. The van der Waals surface area contributed by atoms with Crippen molar-refractivity contribution in [3.8, 4) is 0 Å². The molecule has 0 unspecified atom stereocenters. The van der Waals surface area contributed by atoms with E-state index in [0.717, 1.165) is 78.4 Å². The van der Waals surface area contributed by atoms with Gasteiger partial charge < -0.3 is 43.0 Å². The Hall–Kier alpha value is -2.40. The van der Waals surface area contributed by atoms with E-state index >= 15 is 0 Å². The highest BCUT2D eigenvalue weighted by Gasteiger charge is 2.17. The van der Waals surface area contributed by atoms with Gasteiger partial charge in [0.05, 0.1) is 78.5 Å². The van der Waals surface area contributed by atoms with Crippen LogP contribution in [0.2, 0.25) is 0 Å². The summed E-state index contributed by atoms with van der Waals surface area (Å²) in [7, 11) is 1.56. The van der Waals surface area contributed by atoms with Crippen molar-refractivity contribution < 1.29 is 52.3 Å². The first-order valence-electron chi connectivity index (χ1n) is 18.6. The first-order valence-corrected chi connectivity index (χ1v) is 18.6. The lowest BCUT2D eigenvalue weighted by atomic mass is 10.3. The molecule has 0 bridgehead atoms. The number of carbonyl (C=O) groups excluding carboxylic acids is 4. The first kappa shape index (κ1) is 43.8. The predicted octanol–water partition coefficient (Wildman–Crippen LogP) is 1.21. The van der Waals surface area contributed by atoms with Crippen LogP contribution in [0.1, 0.15) is 58.3 Å². The molecule has 15 nitrogen and oxygen atoms in total. The van der Waals surface area contributed by atoms with Crippen molar-refractivity contribution in [3.63, 3.8) is 0 Å². The second-order valence-corrected chi connectivity index (χ2v) is 12.5. The van der Waals surface area contributed by atoms with Crippen molar-refractivity contribution in [1.82, 2.24) is 19.6 Å². The minimum Gasteiger partial charge on any atom is -0.466 e. The van der Waals surface area contributed by atoms with Gasteiger partial charge in [-0.2, -0.15) is 0 Å². The molecular formula is C35H64N4O11. The van der Waals surface area contributed by atoms with Gasteiger partial charge in [-0.1, -0.05) is 13.3 Å². The molecule has 0 amide bonds. The summed E-state index contributed by atoms with van der Waals surface area (Å²) in [5.41, 5.74) is 0. The maximum atomic E-state index is 12.5. The van der Waals surface area contributed by atoms with Crippen molar-refractivity contribution in [2.24, 2.45) is 0 Å². The van der Waals surface area contributed by atoms with E-state index in [1.807, 2.05) is 0 Å². The van der Waals surface area contributed by atoms with E-state index in [9.17, 15) is 19.2 Å². The number of esters is 4. The van der Waals surface area contributed by atoms with Crippen LogP contribution in [-0.4, -0.2) is 189 Å². The van der Waals surface area contributed by atoms with Gasteiger partial charge in [-0.15, -0.1) is 0 Å². The molecule has 0 aliphatic carbocycles. The molecular weight excluding hydrogens is 652 g/mol. The molecule has 0 aromatic rings. The van der Waals surface area contributed by atoms with Crippen LogP contribution < -0.4 is 0 Å². The van der Waals surface area contributed by atoms with Crippen LogP contribution in [0.3, 0.4) is 0 Å². The molecule has 2 fully saturated rings. The number of hydrogen-bond acceptors (Lipinski definition) is 15. The maximum absolute atomic E-state index is 12.5. The van der Waals surface area contributed by atoms with Gasteiger partial charge in [-0.05, 0) is 19.3 Å². The largest absolute Gasteiger partial charge is 0.466 e. The molecule has 290 valence electrons. The van der Waals surface area contributed by atoms with Gasteiger partial charge in [0, 0.05) is 85.6 Å². The average molecular weight is 717 g/mol. The van der Waals surface area contributed by atoms with Crippen molar-refractivity contribution in [2.75, 3.05) is 145 Å². The highest BCUT2D eigenvalue weighted by Crippen LogP contribution is 2.05. The summed E-state index contributed by atoms with van der Waals surface area (Å²) < 4.78 is 37.1. The minimum absolute atomic E-state index is 0.213. The molecule has 0 aromatic heterocycles. The molecule has 2 saturated heterocycles. The molecule has 2 rings (SSSR count). The molecule has 0 aromatic carbocycles. The third kappa shape index (κ3) is 23.1. The van der Waals surface area contributed by atoms with Gasteiger partial charge in [-0.3, -0.25) is 29.0 Å². The Morgan fingerprint density at radius 3 is 1.24 bits per heavy atom. The predicted molar refractivity (Wildman–Crippen MR) is 186 cm³/mol. The van der Waals surface area contributed by atoms with E-state index in [-0.39, 0.29) is 69.4 Å². The summed E-state index contributed by atoms with van der Waals surface area (Å²) in [4.78, 5) is 58.0. The molecule has 2 aliphatic rings. The number of unbranched alkanes of at least 4 members (excludes halogenated alkanes) is 2. The van der Waals surface area contributed by atoms with Gasteiger partial charge in [0.1, 0.15) is 6.61 Å². The summed E-state index contributed by atoms with van der Waals surface area (Å²) in [5, 5.41) is 0. The Morgan fingerprint density at radius 2 is 0.880 bits per heavy atom. The van der Waals surface area contributed by atoms with Crippen LogP contribution in [0.15, 0.2) is 0 Å². The molecule has 0 saturated carbocycles. The quantitative estimate of drug-likeness (QED) is 0.0621. The number of hydrogen-bond donors (Lipinski definition) is 0. The Morgan fingerprint density at radius 1 is 0.520 bits per heavy atom. The molecule has 0 N–H and O–H groups in total. The van der Waals surface area contributed by atoms with E-state index in [1.165, 1.54) is 0 Å². The molecule has 15 heteroatoms. The lowest BCUT2D eigenvalue weighted by Gasteiger charge is -2.29. The second-order valence-electron chi connectivity index (χ2n) is 12.5. The smallest absolute Gasteiger partial charge is 0.307 e. The molecule has 0 radical (unpaired) electrons. The number of rotatable bonds is 29. The topological polar surface area (TPSA) is 146 Å². The zero-order chi connectivity index (χ0) is 36.1. The van der Waals surface area contributed by atoms with E-state index in [1.54, 1.807) is 7.11 Å². The minimum atomic E-state index is -0.299. The molecule has 2 aliphatic heterocycles. The van der Waals surface area contributed by atoms with Gasteiger partial charge in [-0.25, -0.2) is 0 Å². The maximum Gasteiger partial charge on any atom is 0.307 e. The van der Waals surface area contributed by atoms with Crippen molar-refractivity contribution >= 4 is 23.9 Å². The monoisotopic (exact) mass is 716 g/mol. The van der Waals surface area contributed by atoms with Crippen LogP contribution in [0.25, 0.3) is 0 Å². The van der Waals surface area contributed by atoms with Gasteiger partial charge in [0.15, 0.2) is 0 Å². The van der Waals surface area contributed by atoms with Crippen molar-refractivity contribution in [1.29, 1.82) is 0 Å². The van der Waals surface area contributed by atoms with Gasteiger partial charge in [0.2, 0.25) is 0 Å². The molecule has 0 spiro atoms. The Bertz CT molecular complexity index is 845. The molecule has 0 atom stereocenters. The highest BCUT2D eigenvalue weighted by molar-refractivity contribution is 5.71. The molecule has 2 heterocycles. The SMILES string of the molecule is CCCCOC(=O)CCN(CCC(=O)OCCCCOC(=O)CCN(CCC(=O)OCCOC)CCN1CCOCC1)CCN1CCOCC1. The Kier molecular flexibility index (Phi) is 25.6. The zero-order valence-electron chi connectivity index (χ0n) is 30.8. The number of carbonyl (C=O) groups is 4. The van der Waals surface area contributed by atoms with Crippen molar-refractivity contribution in [3.05, 3.63) is 0 Å². The lowest BCUT2D eigenvalue weighted by molar-refractivity contribution is -0.147. The highest BCUT2D eigenvalue weighted by atomic mass is 16.6. The van der Waals surface area contributed by atoms with E-state index in [0.29, 0.717) is 65.4 Å². The van der Waals surface area contributed by atoms with E-state index in [2.05, 4.69) is 26.5 Å². The lowest BCUT2D eigenvalue weighted by Crippen LogP contribution is -2.42. The second kappa shape index (κ2) is 29.2. The number of nitrogens with zero attached hydrogens (tertiary/aromatic N) is 4. The Labute approximate surface area is 299 Å². The van der Waals surface area contributed by atoms with Crippen LogP contribution >= 0.6 is 0 Å². The van der Waals surface area contributed by atoms with Crippen molar-refractivity contribution in [2.45, 2.75) is 58.3 Å². The number of morpholine rings is 2. The summed E-state index contributed by atoms with van der Waals surface area (Å²) in [5.74, 6) is -1.09. The summed E-state index contributed by atoms with van der Waals surface area (Å²) >= 11 is 0. The zero-order valence-corrected chi connectivity index (χ0v) is 30.8. The van der Waals surface area contributed by atoms with E-state index < -0.39 is 0 Å².